The summed E-state index contributed by atoms with van der Waals surface area (Å²) in [4.78, 5) is 21.4. The number of fused-ring (bicyclic) bond motifs is 3. The Bertz CT molecular complexity index is 1730. The molecule has 3 unspecified atom stereocenters. The van der Waals surface area contributed by atoms with Gasteiger partial charge in [-0.1, -0.05) is 11.6 Å². The molecule has 0 spiro atoms. The van der Waals surface area contributed by atoms with Gasteiger partial charge in [0.05, 0.1) is 23.0 Å². The molecule has 5 heterocycles. The maximum absolute atomic E-state index is 15.2. The van der Waals surface area contributed by atoms with Gasteiger partial charge in [0.1, 0.15) is 6.33 Å². The van der Waals surface area contributed by atoms with Gasteiger partial charge in [-0.25, -0.2) is 9.98 Å². The van der Waals surface area contributed by atoms with Crippen molar-refractivity contribution in [2.45, 2.75) is 31.7 Å². The van der Waals surface area contributed by atoms with Gasteiger partial charge in [-0.05, 0) is 71.7 Å². The molecule has 184 valence electrons. The Hall–Kier alpha value is -4.05. The lowest BCUT2D eigenvalue weighted by molar-refractivity contribution is 0.497. The molecule has 2 aliphatic heterocycles. The largest absolute Gasteiger partial charge is 0.305 e. The molecule has 1 saturated carbocycles. The summed E-state index contributed by atoms with van der Waals surface area (Å²) in [5.74, 6) is -1.09. The van der Waals surface area contributed by atoms with Crippen LogP contribution in [0.4, 0.5) is 8.78 Å². The van der Waals surface area contributed by atoms with Crippen molar-refractivity contribution in [2.75, 3.05) is 0 Å². The number of aliphatic imine (C=N–C) groups is 1. The number of pyridine rings is 2. The van der Waals surface area contributed by atoms with Crippen LogP contribution in [-0.4, -0.2) is 35.5 Å². The van der Waals surface area contributed by atoms with E-state index in [9.17, 15) is 9.18 Å². The average Bonchev–Trinajstić information content (AvgIpc) is 3.16. The first kappa shape index (κ1) is 22.2. The number of rotatable bonds is 4. The van der Waals surface area contributed by atoms with Crippen molar-refractivity contribution < 1.29 is 8.78 Å². The number of nitrogens with zero attached hydrogens (tertiary/aromatic N) is 7. The summed E-state index contributed by atoms with van der Waals surface area (Å²) in [6, 6.07) is 11.6. The zero-order valence-corrected chi connectivity index (χ0v) is 20.2. The summed E-state index contributed by atoms with van der Waals surface area (Å²) < 4.78 is 32.9. The Labute approximate surface area is 214 Å². The zero-order valence-electron chi connectivity index (χ0n) is 19.4. The van der Waals surface area contributed by atoms with Crippen LogP contribution >= 0.6 is 11.6 Å². The van der Waals surface area contributed by atoms with Crippen LogP contribution in [0.1, 0.15) is 41.8 Å². The quantitative estimate of drug-likeness (QED) is 0.288. The molecular formula is C26H18ClF2N7O. The lowest BCUT2D eigenvalue weighted by atomic mass is 9.97. The highest BCUT2D eigenvalue weighted by molar-refractivity contribution is 6.31. The molecule has 3 atom stereocenters. The van der Waals surface area contributed by atoms with Crippen molar-refractivity contribution in [3.8, 4) is 16.8 Å². The maximum Gasteiger partial charge on any atom is 0.251 e. The molecule has 3 aliphatic rings. The predicted molar refractivity (Wildman–Crippen MR) is 132 cm³/mol. The second-order valence-corrected chi connectivity index (χ2v) is 10.0. The first-order valence-electron chi connectivity index (χ1n) is 11.8. The van der Waals surface area contributed by atoms with Gasteiger partial charge in [-0.3, -0.25) is 4.79 Å². The number of aryl methyl sites for hydroxylation is 1. The molecule has 1 aliphatic carbocycles. The van der Waals surface area contributed by atoms with Crippen LogP contribution in [0.5, 0.6) is 0 Å². The fourth-order valence-electron chi connectivity index (χ4n) is 5.67. The Balaban J connectivity index is 1.28. The molecule has 0 bridgehead atoms. The molecule has 7 rings (SSSR count). The minimum Gasteiger partial charge on any atom is -0.305 e. The van der Waals surface area contributed by atoms with E-state index in [4.69, 9.17) is 11.6 Å². The monoisotopic (exact) mass is 517 g/mol. The third kappa shape index (κ3) is 3.46. The molecule has 0 radical (unpaired) electrons. The van der Waals surface area contributed by atoms with Crippen LogP contribution in [0.3, 0.4) is 0 Å². The summed E-state index contributed by atoms with van der Waals surface area (Å²) in [6.45, 7) is 1.69. The topological polar surface area (TPSA) is 90.9 Å². The van der Waals surface area contributed by atoms with Gasteiger partial charge in [-0.2, -0.15) is 13.5 Å². The van der Waals surface area contributed by atoms with Crippen LogP contribution in [-0.2, 0) is 0 Å². The van der Waals surface area contributed by atoms with Gasteiger partial charge >= 0.3 is 0 Å². The van der Waals surface area contributed by atoms with Crippen molar-refractivity contribution in [1.29, 1.82) is 0 Å². The van der Waals surface area contributed by atoms with Crippen LogP contribution in [0, 0.1) is 18.8 Å². The maximum atomic E-state index is 15.2. The normalized spacial score (nSPS) is 21.7. The molecule has 11 heteroatoms. The lowest BCUT2D eigenvalue weighted by Gasteiger charge is -2.20. The van der Waals surface area contributed by atoms with Gasteiger partial charge in [0.15, 0.2) is 0 Å². The minimum atomic E-state index is -0.675. The van der Waals surface area contributed by atoms with E-state index >= 15 is 4.39 Å². The Morgan fingerprint density at radius 1 is 1.08 bits per heavy atom. The summed E-state index contributed by atoms with van der Waals surface area (Å²) in [6.07, 6.45) is 2.45. The number of hydrogen-bond donors (Lipinski definition) is 0. The highest BCUT2D eigenvalue weighted by atomic mass is 35.5. The third-order valence-electron chi connectivity index (χ3n) is 7.38. The van der Waals surface area contributed by atoms with Gasteiger partial charge in [-0.15, -0.1) is 5.10 Å². The van der Waals surface area contributed by atoms with E-state index in [2.05, 4.69) is 25.5 Å². The van der Waals surface area contributed by atoms with Crippen LogP contribution < -0.4 is 5.56 Å². The molecule has 4 aromatic rings. The van der Waals surface area contributed by atoms with Crippen molar-refractivity contribution in [2.24, 2.45) is 10.9 Å². The SMILES string of the molecule is Cc1ccc(C2=NC(F)=C(C3C4CC4c4cc(-c5cc(Cl)ccc5-n5cnnn5)cc(=O)n43)C2)c(F)n1. The molecule has 0 amide bonds. The van der Waals surface area contributed by atoms with Crippen molar-refractivity contribution in [1.82, 2.24) is 29.8 Å². The number of allylic oxidation sites excluding steroid dienone is 1. The van der Waals surface area contributed by atoms with Gasteiger partial charge < -0.3 is 4.57 Å². The number of aromatic nitrogens is 6. The van der Waals surface area contributed by atoms with Crippen molar-refractivity contribution in [3.05, 3.63) is 98.6 Å². The van der Waals surface area contributed by atoms with E-state index in [0.717, 1.165) is 12.1 Å². The Morgan fingerprint density at radius 2 is 1.95 bits per heavy atom. The van der Waals surface area contributed by atoms with E-state index in [1.807, 2.05) is 6.07 Å². The van der Waals surface area contributed by atoms with Crippen LogP contribution in [0.15, 0.2) is 70.1 Å². The fraction of sp³-hybridized carbons (Fsp3) is 0.231. The van der Waals surface area contributed by atoms with Crippen molar-refractivity contribution in [3.63, 3.8) is 0 Å². The van der Waals surface area contributed by atoms with Crippen LogP contribution in [0.25, 0.3) is 16.8 Å². The minimum absolute atomic E-state index is 0.0950. The smallest absolute Gasteiger partial charge is 0.251 e. The van der Waals surface area contributed by atoms with Crippen LogP contribution in [0.2, 0.25) is 5.02 Å². The lowest BCUT2D eigenvalue weighted by Crippen LogP contribution is -2.26. The van der Waals surface area contributed by atoms with Gasteiger partial charge in [0.25, 0.3) is 5.56 Å². The standard InChI is InChI=1S/C26H18ClF2N7O/c1-12-2-4-15(25(28)31-12)20-10-19(26(29)32-20)24-18-9-17(18)22-6-13(7-23(37)36(22)24)16-8-14(27)3-5-21(16)35-11-30-33-34-35/h2-8,11,17-18,24H,9-10H2,1H3. The van der Waals surface area contributed by atoms with E-state index < -0.39 is 17.9 Å². The average molecular weight is 518 g/mol. The summed E-state index contributed by atoms with van der Waals surface area (Å²) in [5.41, 5.74) is 4.08. The van der Waals surface area contributed by atoms with E-state index in [0.29, 0.717) is 33.1 Å². The van der Waals surface area contributed by atoms with E-state index in [1.165, 1.54) is 17.1 Å². The van der Waals surface area contributed by atoms with Gasteiger partial charge in [0, 0.05) is 46.0 Å². The number of hydrogen-bond acceptors (Lipinski definition) is 6. The molecule has 1 aromatic carbocycles. The molecule has 8 nitrogen and oxygen atoms in total. The predicted octanol–water partition coefficient (Wildman–Crippen LogP) is 4.72. The molecule has 37 heavy (non-hydrogen) atoms. The highest BCUT2D eigenvalue weighted by Gasteiger charge is 2.55. The van der Waals surface area contributed by atoms with E-state index in [1.54, 1.807) is 41.8 Å². The Kier molecular flexibility index (Phi) is 4.78. The summed E-state index contributed by atoms with van der Waals surface area (Å²) in [7, 11) is 0. The third-order valence-corrected chi connectivity index (χ3v) is 7.61. The molecule has 0 saturated heterocycles. The summed E-state index contributed by atoms with van der Waals surface area (Å²) >= 11 is 6.30. The highest BCUT2D eigenvalue weighted by Crippen LogP contribution is 2.62. The summed E-state index contributed by atoms with van der Waals surface area (Å²) in [5, 5.41) is 11.9. The zero-order chi connectivity index (χ0) is 25.4. The number of benzene rings is 1. The van der Waals surface area contributed by atoms with Gasteiger partial charge in [0.2, 0.25) is 11.9 Å². The molecule has 0 N–H and O–H groups in total. The second-order valence-electron chi connectivity index (χ2n) is 9.59. The number of halogens is 3. The fourth-order valence-corrected chi connectivity index (χ4v) is 5.84. The first-order valence-corrected chi connectivity index (χ1v) is 12.2. The Morgan fingerprint density at radius 3 is 2.73 bits per heavy atom. The first-order chi connectivity index (χ1) is 17.9. The molecule has 1 fully saturated rings. The molecular weight excluding hydrogens is 500 g/mol. The number of tetrazole rings is 1. The second kappa shape index (κ2) is 7.97. The molecule has 3 aromatic heterocycles. The van der Waals surface area contributed by atoms with Crippen molar-refractivity contribution >= 4 is 17.3 Å². The van der Waals surface area contributed by atoms with E-state index in [-0.39, 0.29) is 35.1 Å².